The van der Waals surface area contributed by atoms with Crippen molar-refractivity contribution in [3.8, 4) is 0 Å². The second kappa shape index (κ2) is 10.6. The van der Waals surface area contributed by atoms with E-state index < -0.39 is 16.1 Å². The highest BCUT2D eigenvalue weighted by Crippen LogP contribution is 2.29. The SMILES string of the molecule is Cc1ccc(S(=O)(=O)NCC2CCC(C(=O)N[C@H](C)C(=O)N3CCOCC3)CC2)cc1. The van der Waals surface area contributed by atoms with E-state index in [1.54, 1.807) is 36.1 Å². The van der Waals surface area contributed by atoms with E-state index in [1.165, 1.54) is 0 Å². The highest BCUT2D eigenvalue weighted by atomic mass is 32.2. The van der Waals surface area contributed by atoms with Gasteiger partial charge in [0.05, 0.1) is 18.1 Å². The van der Waals surface area contributed by atoms with Gasteiger partial charge in [-0.1, -0.05) is 17.7 Å². The molecular formula is C22H33N3O5S. The third-order valence-corrected chi connectivity index (χ3v) is 7.60. The molecule has 0 aromatic heterocycles. The molecule has 31 heavy (non-hydrogen) atoms. The molecule has 1 saturated heterocycles. The molecule has 8 nitrogen and oxygen atoms in total. The van der Waals surface area contributed by atoms with Gasteiger partial charge in [0, 0.05) is 25.6 Å². The molecule has 2 aliphatic rings. The summed E-state index contributed by atoms with van der Waals surface area (Å²) in [5.41, 5.74) is 1.01. The minimum Gasteiger partial charge on any atom is -0.378 e. The van der Waals surface area contributed by atoms with Gasteiger partial charge >= 0.3 is 0 Å². The van der Waals surface area contributed by atoms with Crippen LogP contribution in [0.4, 0.5) is 0 Å². The van der Waals surface area contributed by atoms with Crippen molar-refractivity contribution in [1.29, 1.82) is 0 Å². The summed E-state index contributed by atoms with van der Waals surface area (Å²) in [6.45, 7) is 6.19. The van der Waals surface area contributed by atoms with E-state index in [-0.39, 0.29) is 28.5 Å². The number of carbonyl (C=O) groups excluding carboxylic acids is 2. The van der Waals surface area contributed by atoms with Crippen molar-refractivity contribution >= 4 is 21.8 Å². The number of nitrogens with zero attached hydrogens (tertiary/aromatic N) is 1. The van der Waals surface area contributed by atoms with Gasteiger partial charge in [0.2, 0.25) is 21.8 Å². The van der Waals surface area contributed by atoms with Gasteiger partial charge < -0.3 is 15.0 Å². The van der Waals surface area contributed by atoms with Gasteiger partial charge in [-0.2, -0.15) is 0 Å². The standard InChI is InChI=1S/C22H33N3O5S/c1-16-3-9-20(10-4-16)31(28,29)23-15-18-5-7-19(8-6-18)21(26)24-17(2)22(27)25-11-13-30-14-12-25/h3-4,9-10,17-19,23H,5-8,11-15H2,1-2H3,(H,24,26)/t17-,18?,19?/m1/s1. The van der Waals surface area contributed by atoms with E-state index in [4.69, 9.17) is 4.74 Å². The zero-order valence-corrected chi connectivity index (χ0v) is 19.1. The smallest absolute Gasteiger partial charge is 0.245 e. The molecule has 1 atom stereocenters. The van der Waals surface area contributed by atoms with E-state index in [0.717, 1.165) is 18.4 Å². The Morgan fingerprint density at radius 1 is 1.10 bits per heavy atom. The Bertz CT molecular complexity index is 858. The van der Waals surface area contributed by atoms with Crippen LogP contribution in [-0.2, 0) is 24.3 Å². The van der Waals surface area contributed by atoms with Crippen LogP contribution in [0, 0.1) is 18.8 Å². The van der Waals surface area contributed by atoms with E-state index in [2.05, 4.69) is 10.0 Å². The van der Waals surface area contributed by atoms with Crippen molar-refractivity contribution in [2.45, 2.75) is 50.5 Å². The molecular weight excluding hydrogens is 418 g/mol. The van der Waals surface area contributed by atoms with Crippen LogP contribution in [-0.4, -0.2) is 64.0 Å². The third-order valence-electron chi connectivity index (χ3n) is 6.16. The molecule has 9 heteroatoms. The molecule has 1 aromatic carbocycles. The molecule has 0 unspecified atom stereocenters. The molecule has 2 amide bonds. The minimum absolute atomic E-state index is 0.0733. The van der Waals surface area contributed by atoms with Crippen molar-refractivity contribution < 1.29 is 22.7 Å². The Kier molecular flexibility index (Phi) is 8.07. The first kappa shape index (κ1) is 23.7. The van der Waals surface area contributed by atoms with Crippen LogP contribution in [0.2, 0.25) is 0 Å². The molecule has 1 aliphatic heterocycles. The highest BCUT2D eigenvalue weighted by Gasteiger charge is 2.30. The fraction of sp³-hybridized carbons (Fsp3) is 0.636. The highest BCUT2D eigenvalue weighted by molar-refractivity contribution is 7.89. The molecule has 172 valence electrons. The fourth-order valence-electron chi connectivity index (χ4n) is 4.11. The van der Waals surface area contributed by atoms with Gasteiger partial charge in [-0.25, -0.2) is 13.1 Å². The monoisotopic (exact) mass is 451 g/mol. The summed E-state index contributed by atoms with van der Waals surface area (Å²) in [6.07, 6.45) is 2.95. The van der Waals surface area contributed by atoms with Crippen LogP contribution in [0.1, 0.15) is 38.2 Å². The van der Waals surface area contributed by atoms with E-state index >= 15 is 0 Å². The van der Waals surface area contributed by atoms with Crippen LogP contribution in [0.25, 0.3) is 0 Å². The normalized spacial score (nSPS) is 23.2. The number of carbonyl (C=O) groups is 2. The predicted molar refractivity (Wildman–Crippen MR) is 117 cm³/mol. The summed E-state index contributed by atoms with van der Waals surface area (Å²) in [7, 11) is -3.52. The van der Waals surface area contributed by atoms with Crippen molar-refractivity contribution in [3.63, 3.8) is 0 Å². The van der Waals surface area contributed by atoms with E-state index in [0.29, 0.717) is 45.7 Å². The molecule has 0 bridgehead atoms. The third kappa shape index (κ3) is 6.51. The van der Waals surface area contributed by atoms with Crippen molar-refractivity contribution in [2.75, 3.05) is 32.8 Å². The van der Waals surface area contributed by atoms with Gasteiger partial charge in [0.15, 0.2) is 0 Å². The lowest BCUT2D eigenvalue weighted by molar-refractivity contribution is -0.140. The molecule has 1 aromatic rings. The fourth-order valence-corrected chi connectivity index (χ4v) is 5.22. The number of nitrogens with one attached hydrogen (secondary N) is 2. The maximum absolute atomic E-state index is 12.6. The Balaban J connectivity index is 1.42. The number of benzene rings is 1. The minimum atomic E-state index is -3.52. The van der Waals surface area contributed by atoms with Gasteiger partial charge in [-0.15, -0.1) is 0 Å². The number of sulfonamides is 1. The second-order valence-electron chi connectivity index (χ2n) is 8.55. The average molecular weight is 452 g/mol. The summed E-state index contributed by atoms with van der Waals surface area (Å²) < 4.78 is 32.9. The zero-order chi connectivity index (χ0) is 22.4. The van der Waals surface area contributed by atoms with Gasteiger partial charge in [-0.3, -0.25) is 9.59 Å². The molecule has 0 radical (unpaired) electrons. The first-order valence-corrected chi connectivity index (χ1v) is 12.5. The first-order chi connectivity index (χ1) is 14.8. The Morgan fingerprint density at radius 3 is 2.32 bits per heavy atom. The lowest BCUT2D eigenvalue weighted by Crippen LogP contribution is -2.51. The van der Waals surface area contributed by atoms with Crippen LogP contribution >= 0.6 is 0 Å². The topological polar surface area (TPSA) is 105 Å². The molecule has 3 rings (SSSR count). The zero-order valence-electron chi connectivity index (χ0n) is 18.3. The molecule has 1 saturated carbocycles. The van der Waals surface area contributed by atoms with Crippen molar-refractivity contribution in [3.05, 3.63) is 29.8 Å². The Labute approximate surface area is 184 Å². The molecule has 0 spiro atoms. The number of morpholine rings is 1. The van der Waals surface area contributed by atoms with Crippen LogP contribution in [0.3, 0.4) is 0 Å². The van der Waals surface area contributed by atoms with Gasteiger partial charge in [-0.05, 0) is 57.6 Å². The number of hydrogen-bond donors (Lipinski definition) is 2. The van der Waals surface area contributed by atoms with Crippen LogP contribution in [0.15, 0.2) is 29.2 Å². The Hall–Kier alpha value is -1.97. The number of hydrogen-bond acceptors (Lipinski definition) is 5. The van der Waals surface area contributed by atoms with E-state index in [1.807, 2.05) is 6.92 Å². The second-order valence-corrected chi connectivity index (χ2v) is 10.3. The quantitative estimate of drug-likeness (QED) is 0.653. The van der Waals surface area contributed by atoms with E-state index in [9.17, 15) is 18.0 Å². The largest absolute Gasteiger partial charge is 0.378 e. The summed E-state index contributed by atoms with van der Waals surface area (Å²) in [4.78, 5) is 27.1. The summed E-state index contributed by atoms with van der Waals surface area (Å²) in [5, 5.41) is 2.86. The Morgan fingerprint density at radius 2 is 1.71 bits per heavy atom. The summed E-state index contributed by atoms with van der Waals surface area (Å²) in [5.74, 6) is -0.0924. The maximum atomic E-state index is 12.6. The molecule has 1 aliphatic carbocycles. The maximum Gasteiger partial charge on any atom is 0.245 e. The van der Waals surface area contributed by atoms with Gasteiger partial charge in [0.25, 0.3) is 0 Å². The summed E-state index contributed by atoms with van der Waals surface area (Å²) in [6, 6.07) is 6.23. The van der Waals surface area contributed by atoms with Gasteiger partial charge in [0.1, 0.15) is 6.04 Å². The molecule has 2 fully saturated rings. The molecule has 1 heterocycles. The van der Waals surface area contributed by atoms with Crippen LogP contribution < -0.4 is 10.0 Å². The van der Waals surface area contributed by atoms with Crippen molar-refractivity contribution in [1.82, 2.24) is 14.9 Å². The number of ether oxygens (including phenoxy) is 1. The number of amides is 2. The predicted octanol–water partition coefficient (Wildman–Crippen LogP) is 1.44. The lowest BCUT2D eigenvalue weighted by atomic mass is 9.81. The average Bonchev–Trinajstić information content (AvgIpc) is 2.78. The number of rotatable bonds is 7. The van der Waals surface area contributed by atoms with Crippen molar-refractivity contribution in [2.24, 2.45) is 11.8 Å². The molecule has 2 N–H and O–H groups in total. The lowest BCUT2D eigenvalue weighted by Gasteiger charge is -2.31. The number of aryl methyl sites for hydroxylation is 1. The summed E-state index contributed by atoms with van der Waals surface area (Å²) >= 11 is 0. The first-order valence-electron chi connectivity index (χ1n) is 11.0. The van der Waals surface area contributed by atoms with Crippen LogP contribution in [0.5, 0.6) is 0 Å².